The van der Waals surface area contributed by atoms with Gasteiger partial charge in [-0.05, 0) is 40.7 Å². The monoisotopic (exact) mass is 346 g/mol. The number of anilines is 1. The molecule has 1 amide bonds. The molecule has 19 heavy (non-hydrogen) atoms. The van der Waals surface area contributed by atoms with Gasteiger partial charge >= 0.3 is 0 Å². The fourth-order valence-electron chi connectivity index (χ4n) is 2.09. The van der Waals surface area contributed by atoms with Crippen LogP contribution in [0.5, 0.6) is 0 Å². The van der Waals surface area contributed by atoms with Gasteiger partial charge in [-0.1, -0.05) is 18.5 Å². The third kappa shape index (κ3) is 3.69. The van der Waals surface area contributed by atoms with Crippen LogP contribution in [0.1, 0.15) is 6.92 Å². The van der Waals surface area contributed by atoms with Crippen LogP contribution in [0.4, 0.5) is 5.69 Å². The lowest BCUT2D eigenvalue weighted by Gasteiger charge is -2.18. The van der Waals surface area contributed by atoms with Gasteiger partial charge < -0.3 is 15.4 Å². The van der Waals surface area contributed by atoms with Crippen molar-refractivity contribution < 1.29 is 9.53 Å². The maximum absolute atomic E-state index is 12.3. The van der Waals surface area contributed by atoms with Gasteiger partial charge in [0.15, 0.2) is 0 Å². The lowest BCUT2D eigenvalue weighted by atomic mass is 10.0. The van der Waals surface area contributed by atoms with Crippen molar-refractivity contribution in [3.8, 4) is 0 Å². The largest absolute Gasteiger partial charge is 0.379 e. The van der Waals surface area contributed by atoms with E-state index in [0.717, 1.165) is 11.0 Å². The molecule has 2 unspecified atom stereocenters. The molecule has 0 aromatic heterocycles. The number of amides is 1. The number of likely N-dealkylation sites (N-methyl/N-ethyl adjacent to an activating group) is 1. The summed E-state index contributed by atoms with van der Waals surface area (Å²) in [6.07, 6.45) is 0. The lowest BCUT2D eigenvalue weighted by molar-refractivity contribution is -0.120. The standard InChI is InChI=1S/C13H16BrClN2O2/c1-2-16-12-7-19-6-9(12)13(18)17-11-5-8(15)3-4-10(11)14/h3-5,9,12,16H,2,6-7H2,1H3,(H,17,18). The summed E-state index contributed by atoms with van der Waals surface area (Å²) in [6, 6.07) is 5.37. The molecule has 0 bridgehead atoms. The van der Waals surface area contributed by atoms with Crippen LogP contribution in [0.3, 0.4) is 0 Å². The van der Waals surface area contributed by atoms with Crippen molar-refractivity contribution >= 4 is 39.1 Å². The number of hydrogen-bond acceptors (Lipinski definition) is 3. The molecule has 0 spiro atoms. The number of hydrogen-bond donors (Lipinski definition) is 2. The Hall–Kier alpha value is -0.620. The molecule has 1 heterocycles. The predicted octanol–water partition coefficient (Wildman–Crippen LogP) is 2.67. The first-order chi connectivity index (χ1) is 9.11. The molecule has 0 saturated carbocycles. The normalized spacial score (nSPS) is 22.5. The molecule has 2 N–H and O–H groups in total. The summed E-state index contributed by atoms with van der Waals surface area (Å²) >= 11 is 9.32. The van der Waals surface area contributed by atoms with Crippen molar-refractivity contribution in [2.75, 3.05) is 25.1 Å². The van der Waals surface area contributed by atoms with Crippen LogP contribution in [0, 0.1) is 5.92 Å². The number of carbonyl (C=O) groups excluding carboxylic acids is 1. The van der Waals surface area contributed by atoms with Crippen LogP contribution >= 0.6 is 27.5 Å². The van der Waals surface area contributed by atoms with E-state index in [1.165, 1.54) is 0 Å². The Labute approximate surface area is 126 Å². The number of benzene rings is 1. The highest BCUT2D eigenvalue weighted by Gasteiger charge is 2.33. The van der Waals surface area contributed by atoms with Gasteiger partial charge in [-0.15, -0.1) is 0 Å². The minimum absolute atomic E-state index is 0.0496. The fourth-order valence-corrected chi connectivity index (χ4v) is 2.61. The molecule has 2 atom stereocenters. The highest BCUT2D eigenvalue weighted by molar-refractivity contribution is 9.10. The molecular weight excluding hydrogens is 332 g/mol. The summed E-state index contributed by atoms with van der Waals surface area (Å²) in [6.45, 7) is 3.85. The molecule has 0 radical (unpaired) electrons. The molecule has 6 heteroatoms. The van der Waals surface area contributed by atoms with E-state index in [2.05, 4.69) is 26.6 Å². The molecule has 1 aromatic rings. The van der Waals surface area contributed by atoms with Gasteiger partial charge in [0.25, 0.3) is 0 Å². The van der Waals surface area contributed by atoms with E-state index in [4.69, 9.17) is 16.3 Å². The molecule has 0 aliphatic carbocycles. The van der Waals surface area contributed by atoms with Crippen molar-refractivity contribution in [2.45, 2.75) is 13.0 Å². The topological polar surface area (TPSA) is 50.4 Å². The lowest BCUT2D eigenvalue weighted by Crippen LogP contribution is -2.41. The minimum Gasteiger partial charge on any atom is -0.379 e. The average Bonchev–Trinajstić information content (AvgIpc) is 2.82. The third-order valence-corrected chi connectivity index (χ3v) is 4.00. The number of ether oxygens (including phenoxy) is 1. The average molecular weight is 348 g/mol. The van der Waals surface area contributed by atoms with Crippen molar-refractivity contribution in [1.82, 2.24) is 5.32 Å². The van der Waals surface area contributed by atoms with Crippen LogP contribution in [0.25, 0.3) is 0 Å². The Morgan fingerprint density at radius 3 is 3.05 bits per heavy atom. The molecule has 1 aromatic carbocycles. The smallest absolute Gasteiger partial charge is 0.231 e. The first kappa shape index (κ1) is 14.8. The first-order valence-corrected chi connectivity index (χ1v) is 7.36. The summed E-state index contributed by atoms with van der Waals surface area (Å²) in [5.74, 6) is -0.225. The van der Waals surface area contributed by atoms with E-state index in [9.17, 15) is 4.79 Å². The van der Waals surface area contributed by atoms with Crippen LogP contribution < -0.4 is 10.6 Å². The second-order valence-corrected chi connectivity index (χ2v) is 5.71. The van der Waals surface area contributed by atoms with Gasteiger partial charge in [0.05, 0.1) is 24.8 Å². The van der Waals surface area contributed by atoms with E-state index in [1.807, 2.05) is 13.0 Å². The highest BCUT2D eigenvalue weighted by atomic mass is 79.9. The predicted molar refractivity (Wildman–Crippen MR) is 79.6 cm³/mol. The molecule has 1 fully saturated rings. The van der Waals surface area contributed by atoms with Crippen LogP contribution in [0.2, 0.25) is 5.02 Å². The Kier molecular flexibility index (Phi) is 5.21. The number of carbonyl (C=O) groups is 1. The zero-order valence-corrected chi connectivity index (χ0v) is 12.9. The summed E-state index contributed by atoms with van der Waals surface area (Å²) < 4.78 is 6.18. The van der Waals surface area contributed by atoms with E-state index >= 15 is 0 Å². The summed E-state index contributed by atoms with van der Waals surface area (Å²) in [5.41, 5.74) is 0.680. The second kappa shape index (κ2) is 6.70. The quantitative estimate of drug-likeness (QED) is 0.880. The molecule has 1 aliphatic rings. The van der Waals surface area contributed by atoms with Gasteiger partial charge in [-0.25, -0.2) is 0 Å². The van der Waals surface area contributed by atoms with E-state index < -0.39 is 0 Å². The van der Waals surface area contributed by atoms with Crippen molar-refractivity contribution in [2.24, 2.45) is 5.92 Å². The Bertz CT molecular complexity index is 470. The van der Waals surface area contributed by atoms with Gasteiger partial charge in [-0.2, -0.15) is 0 Å². The number of nitrogens with one attached hydrogen (secondary N) is 2. The number of halogens is 2. The second-order valence-electron chi connectivity index (χ2n) is 4.42. The van der Waals surface area contributed by atoms with Gasteiger partial charge in [-0.3, -0.25) is 4.79 Å². The van der Waals surface area contributed by atoms with E-state index in [-0.39, 0.29) is 17.9 Å². The zero-order valence-electron chi connectivity index (χ0n) is 10.6. The molecule has 2 rings (SSSR count). The third-order valence-electron chi connectivity index (χ3n) is 3.07. The summed E-state index contributed by atoms with van der Waals surface area (Å²) in [7, 11) is 0. The van der Waals surface area contributed by atoms with Gasteiger partial charge in [0.2, 0.25) is 5.91 Å². The minimum atomic E-state index is -0.175. The molecule has 1 aliphatic heterocycles. The van der Waals surface area contributed by atoms with E-state index in [1.54, 1.807) is 12.1 Å². The maximum atomic E-state index is 12.3. The molecule has 1 saturated heterocycles. The Morgan fingerprint density at radius 2 is 2.32 bits per heavy atom. The van der Waals surface area contributed by atoms with Gasteiger partial charge in [0.1, 0.15) is 0 Å². The number of rotatable bonds is 4. The molecular formula is C13H16BrClN2O2. The van der Waals surface area contributed by atoms with E-state index in [0.29, 0.717) is 23.9 Å². The van der Waals surface area contributed by atoms with Crippen LogP contribution in [-0.4, -0.2) is 31.7 Å². The Balaban J connectivity index is 2.06. The molecule has 104 valence electrons. The van der Waals surface area contributed by atoms with Gasteiger partial charge in [0, 0.05) is 15.5 Å². The molecule has 4 nitrogen and oxygen atoms in total. The summed E-state index contributed by atoms with van der Waals surface area (Å²) in [4.78, 5) is 12.3. The van der Waals surface area contributed by atoms with Crippen molar-refractivity contribution in [1.29, 1.82) is 0 Å². The van der Waals surface area contributed by atoms with Crippen molar-refractivity contribution in [3.05, 3.63) is 27.7 Å². The fraction of sp³-hybridized carbons (Fsp3) is 0.462. The summed E-state index contributed by atoms with van der Waals surface area (Å²) in [5, 5.41) is 6.74. The van der Waals surface area contributed by atoms with Crippen molar-refractivity contribution in [3.63, 3.8) is 0 Å². The Morgan fingerprint density at radius 1 is 1.53 bits per heavy atom. The highest BCUT2D eigenvalue weighted by Crippen LogP contribution is 2.27. The first-order valence-electron chi connectivity index (χ1n) is 6.19. The zero-order chi connectivity index (χ0) is 13.8. The van der Waals surface area contributed by atoms with Crippen LogP contribution in [-0.2, 0) is 9.53 Å². The maximum Gasteiger partial charge on any atom is 0.231 e. The SMILES string of the molecule is CCNC1COCC1C(=O)Nc1cc(Cl)ccc1Br. The van der Waals surface area contributed by atoms with Crippen LogP contribution in [0.15, 0.2) is 22.7 Å².